The minimum atomic E-state index is -4.26. The van der Waals surface area contributed by atoms with E-state index in [1.54, 1.807) is 6.92 Å². The van der Waals surface area contributed by atoms with Crippen molar-refractivity contribution in [3.8, 4) is 5.75 Å². The van der Waals surface area contributed by atoms with Crippen molar-refractivity contribution in [2.24, 2.45) is 5.41 Å². The maximum Gasteiger partial charge on any atom is 0.338 e. The quantitative estimate of drug-likeness (QED) is 0.577. The van der Waals surface area contributed by atoms with Gasteiger partial charge in [0.15, 0.2) is 0 Å². The van der Waals surface area contributed by atoms with E-state index < -0.39 is 43.1 Å². The van der Waals surface area contributed by atoms with E-state index in [-0.39, 0.29) is 34.2 Å². The van der Waals surface area contributed by atoms with Crippen molar-refractivity contribution >= 4 is 43.3 Å². The van der Waals surface area contributed by atoms with Crippen LogP contribution < -0.4 is 13.8 Å². The van der Waals surface area contributed by atoms with E-state index in [0.29, 0.717) is 4.31 Å². The Bertz CT molecular complexity index is 1300. The SMILES string of the molecule is CCOC(=O)c1ccc(NS(=O)(=O)c2cc(N3C(=O)C(C)(C)CS3(=O)=O)ccc2OC)cc1. The average Bonchev–Trinajstić information content (AvgIpc) is 2.90. The second-order valence-corrected chi connectivity index (χ2v) is 11.4. The van der Waals surface area contributed by atoms with Gasteiger partial charge in [-0.1, -0.05) is 0 Å². The zero-order valence-corrected chi connectivity index (χ0v) is 20.1. The third-order valence-corrected chi connectivity index (χ3v) is 8.33. The number of benzene rings is 2. The molecule has 1 amide bonds. The van der Waals surface area contributed by atoms with Crippen LogP contribution in [0.3, 0.4) is 0 Å². The summed E-state index contributed by atoms with van der Waals surface area (Å²) in [6, 6.07) is 9.24. The molecule has 1 saturated heterocycles. The highest BCUT2D eigenvalue weighted by Crippen LogP contribution is 2.38. The third kappa shape index (κ3) is 4.81. The predicted octanol–water partition coefficient (Wildman–Crippen LogP) is 2.38. The monoisotopic (exact) mass is 496 g/mol. The van der Waals surface area contributed by atoms with Crippen LogP contribution in [0.2, 0.25) is 0 Å². The molecule has 2 aromatic rings. The van der Waals surface area contributed by atoms with Crippen LogP contribution in [0.25, 0.3) is 0 Å². The van der Waals surface area contributed by atoms with Gasteiger partial charge in [0.1, 0.15) is 10.6 Å². The maximum atomic E-state index is 13.1. The molecule has 12 heteroatoms. The smallest absolute Gasteiger partial charge is 0.338 e. The van der Waals surface area contributed by atoms with Gasteiger partial charge in [0.05, 0.1) is 36.1 Å². The van der Waals surface area contributed by atoms with E-state index in [1.165, 1.54) is 57.4 Å². The molecule has 10 nitrogen and oxygen atoms in total. The molecule has 0 aromatic heterocycles. The number of carbonyl (C=O) groups excluding carboxylic acids is 2. The van der Waals surface area contributed by atoms with E-state index in [9.17, 15) is 26.4 Å². The Hall–Kier alpha value is -3.12. The van der Waals surface area contributed by atoms with Gasteiger partial charge in [-0.3, -0.25) is 9.52 Å². The first-order valence-electron chi connectivity index (χ1n) is 9.88. The fourth-order valence-electron chi connectivity index (χ4n) is 3.36. The van der Waals surface area contributed by atoms with E-state index >= 15 is 0 Å². The number of hydrogen-bond donors (Lipinski definition) is 1. The zero-order chi connectivity index (χ0) is 24.6. The summed E-state index contributed by atoms with van der Waals surface area (Å²) < 4.78 is 64.4. The van der Waals surface area contributed by atoms with Crippen LogP contribution in [0, 0.1) is 5.41 Å². The molecule has 0 radical (unpaired) electrons. The summed E-state index contributed by atoms with van der Waals surface area (Å²) in [5.74, 6) is -1.63. The minimum Gasteiger partial charge on any atom is -0.495 e. The van der Waals surface area contributed by atoms with Crippen molar-refractivity contribution < 1.29 is 35.9 Å². The molecule has 0 saturated carbocycles. The standard InChI is InChI=1S/C21H24N2O8S2/c1-5-31-19(24)14-6-8-15(9-7-14)22-33(28,29)18-12-16(10-11-17(18)30-4)23-20(25)21(2,3)13-32(23,26)27/h6-12,22H,5,13H2,1-4H3. The molecule has 0 aliphatic carbocycles. The molecule has 0 atom stereocenters. The molecule has 1 fully saturated rings. The first-order valence-corrected chi connectivity index (χ1v) is 13.0. The summed E-state index contributed by atoms with van der Waals surface area (Å²) in [6.45, 7) is 4.89. The van der Waals surface area contributed by atoms with Gasteiger partial charge in [-0.15, -0.1) is 0 Å². The topological polar surface area (TPSA) is 136 Å². The fourth-order valence-corrected chi connectivity index (χ4v) is 6.71. The second kappa shape index (κ2) is 8.67. The van der Waals surface area contributed by atoms with Crippen LogP contribution in [-0.2, 0) is 29.6 Å². The van der Waals surface area contributed by atoms with E-state index in [4.69, 9.17) is 9.47 Å². The molecule has 0 spiro atoms. The molecule has 1 aliphatic rings. The number of rotatable bonds is 7. The summed E-state index contributed by atoms with van der Waals surface area (Å²) in [5, 5.41) is 0. The molecular weight excluding hydrogens is 472 g/mol. The number of carbonyl (C=O) groups is 2. The lowest BCUT2D eigenvalue weighted by Gasteiger charge is -2.19. The summed E-state index contributed by atoms with van der Waals surface area (Å²) in [7, 11) is -6.96. The molecule has 3 rings (SSSR count). The van der Waals surface area contributed by atoms with Crippen LogP contribution in [0.5, 0.6) is 5.75 Å². The molecule has 33 heavy (non-hydrogen) atoms. The number of amides is 1. The molecule has 0 bridgehead atoms. The average molecular weight is 497 g/mol. The highest BCUT2D eigenvalue weighted by Gasteiger charge is 2.50. The number of hydrogen-bond acceptors (Lipinski definition) is 8. The maximum absolute atomic E-state index is 13.1. The third-order valence-electron chi connectivity index (χ3n) is 4.90. The van der Waals surface area contributed by atoms with Gasteiger partial charge in [0.2, 0.25) is 15.9 Å². The number of nitrogens with zero attached hydrogens (tertiary/aromatic N) is 1. The Morgan fingerprint density at radius 3 is 2.30 bits per heavy atom. The lowest BCUT2D eigenvalue weighted by atomic mass is 9.95. The van der Waals surface area contributed by atoms with Crippen molar-refractivity contribution in [3.63, 3.8) is 0 Å². The van der Waals surface area contributed by atoms with Crippen LogP contribution in [-0.4, -0.2) is 48.2 Å². The van der Waals surface area contributed by atoms with Gasteiger partial charge < -0.3 is 9.47 Å². The number of esters is 1. The van der Waals surface area contributed by atoms with Gasteiger partial charge >= 0.3 is 5.97 Å². The number of methoxy groups -OCH3 is 1. The number of ether oxygens (including phenoxy) is 2. The summed E-state index contributed by atoms with van der Waals surface area (Å²) in [4.78, 5) is 24.1. The summed E-state index contributed by atoms with van der Waals surface area (Å²) in [5.41, 5.74) is -0.845. The molecule has 1 aliphatic heterocycles. The van der Waals surface area contributed by atoms with Gasteiger partial charge in [0, 0.05) is 5.69 Å². The van der Waals surface area contributed by atoms with E-state index in [0.717, 1.165) is 6.07 Å². The Kier molecular flexibility index (Phi) is 6.44. The van der Waals surface area contributed by atoms with Crippen molar-refractivity contribution in [3.05, 3.63) is 48.0 Å². The van der Waals surface area contributed by atoms with Crippen molar-refractivity contribution in [2.75, 3.05) is 28.5 Å². The first-order chi connectivity index (χ1) is 15.3. The highest BCUT2D eigenvalue weighted by molar-refractivity contribution is 7.94. The number of anilines is 2. The van der Waals surface area contributed by atoms with E-state index in [2.05, 4.69) is 4.72 Å². The highest BCUT2D eigenvalue weighted by atomic mass is 32.2. The van der Waals surface area contributed by atoms with Crippen LogP contribution >= 0.6 is 0 Å². The molecule has 2 aromatic carbocycles. The van der Waals surface area contributed by atoms with E-state index in [1.807, 2.05) is 0 Å². The minimum absolute atomic E-state index is 0.0438. The zero-order valence-electron chi connectivity index (χ0n) is 18.5. The van der Waals surface area contributed by atoms with Crippen LogP contribution in [0.15, 0.2) is 47.4 Å². The van der Waals surface area contributed by atoms with Crippen LogP contribution in [0.1, 0.15) is 31.1 Å². The summed E-state index contributed by atoms with van der Waals surface area (Å²) >= 11 is 0. The van der Waals surface area contributed by atoms with Crippen molar-refractivity contribution in [2.45, 2.75) is 25.7 Å². The second-order valence-electron chi connectivity index (χ2n) is 7.95. The molecular formula is C21H24N2O8S2. The normalized spacial score (nSPS) is 17.0. The Morgan fingerprint density at radius 1 is 1.15 bits per heavy atom. The molecule has 178 valence electrons. The van der Waals surface area contributed by atoms with Gasteiger partial charge in [-0.05, 0) is 63.2 Å². The Balaban J connectivity index is 1.98. The van der Waals surface area contributed by atoms with Gasteiger partial charge in [0.25, 0.3) is 10.0 Å². The number of nitrogens with one attached hydrogen (secondary N) is 1. The van der Waals surface area contributed by atoms with Gasteiger partial charge in [-0.25, -0.2) is 25.9 Å². The first kappa shape index (κ1) is 24.5. The van der Waals surface area contributed by atoms with Gasteiger partial charge in [-0.2, -0.15) is 0 Å². The lowest BCUT2D eigenvalue weighted by Crippen LogP contribution is -2.33. The number of sulfonamides is 2. The van der Waals surface area contributed by atoms with Crippen molar-refractivity contribution in [1.82, 2.24) is 0 Å². The largest absolute Gasteiger partial charge is 0.495 e. The lowest BCUT2D eigenvalue weighted by molar-refractivity contribution is -0.123. The Morgan fingerprint density at radius 2 is 1.79 bits per heavy atom. The Labute approximate surface area is 192 Å². The molecule has 1 heterocycles. The van der Waals surface area contributed by atoms with Crippen molar-refractivity contribution in [1.29, 1.82) is 0 Å². The molecule has 0 unspecified atom stereocenters. The molecule has 1 N–H and O–H groups in total. The fraction of sp³-hybridized carbons (Fsp3) is 0.333. The summed E-state index contributed by atoms with van der Waals surface area (Å²) in [6.07, 6.45) is 0. The van der Waals surface area contributed by atoms with Crippen LogP contribution in [0.4, 0.5) is 11.4 Å². The predicted molar refractivity (Wildman–Crippen MR) is 121 cm³/mol.